The number of hydrogen-bond donors (Lipinski definition) is 2. The van der Waals surface area contributed by atoms with Crippen LogP contribution in [0.2, 0.25) is 0 Å². The van der Waals surface area contributed by atoms with Crippen molar-refractivity contribution in [2.24, 2.45) is 5.92 Å². The average Bonchev–Trinajstić information content (AvgIpc) is 2.52. The lowest BCUT2D eigenvalue weighted by Gasteiger charge is -2.24. The highest BCUT2D eigenvalue weighted by Crippen LogP contribution is 2.29. The quantitative estimate of drug-likeness (QED) is 0.674. The van der Waals surface area contributed by atoms with Crippen LogP contribution in [-0.4, -0.2) is 45.7 Å². The van der Waals surface area contributed by atoms with E-state index in [1.54, 1.807) is 6.07 Å². The molecule has 0 unspecified atom stereocenters. The largest absolute Gasteiger partial charge is 0.382 e. The normalized spacial score (nSPS) is 13.9. The topological polar surface area (TPSA) is 70.7 Å². The van der Waals surface area contributed by atoms with Crippen molar-refractivity contribution in [3.05, 3.63) is 23.8 Å². The number of nitrogens with zero attached hydrogens (tertiary/aromatic N) is 1. The predicted molar refractivity (Wildman–Crippen MR) is 100 cm³/mol. The summed E-state index contributed by atoms with van der Waals surface area (Å²) in [6.07, 6.45) is 3.80. The molecule has 0 heterocycles. The summed E-state index contributed by atoms with van der Waals surface area (Å²) >= 11 is 0. The first kappa shape index (κ1) is 19.2. The van der Waals surface area contributed by atoms with Crippen molar-refractivity contribution in [3.63, 3.8) is 0 Å². The van der Waals surface area contributed by atoms with Crippen LogP contribution in [0.1, 0.15) is 43.0 Å². The zero-order valence-electron chi connectivity index (χ0n) is 15.4. The Morgan fingerprint density at radius 3 is 2.64 bits per heavy atom. The second kappa shape index (κ2) is 9.42. The monoisotopic (exact) mass is 347 g/mol. The van der Waals surface area contributed by atoms with Crippen LogP contribution in [0.4, 0.5) is 11.4 Å². The summed E-state index contributed by atoms with van der Waals surface area (Å²) in [6, 6.07) is 5.47. The third-order valence-corrected chi connectivity index (χ3v) is 4.42. The van der Waals surface area contributed by atoms with Gasteiger partial charge in [0.05, 0.1) is 5.56 Å². The van der Waals surface area contributed by atoms with E-state index in [-0.39, 0.29) is 17.7 Å². The molecule has 2 N–H and O–H groups in total. The number of hydrogen-bond acceptors (Lipinski definition) is 4. The van der Waals surface area contributed by atoms with Crippen LogP contribution >= 0.6 is 0 Å². The molecule has 0 spiro atoms. The zero-order valence-corrected chi connectivity index (χ0v) is 15.4. The summed E-state index contributed by atoms with van der Waals surface area (Å²) in [6.45, 7) is 3.83. The second-order valence-corrected chi connectivity index (χ2v) is 6.55. The Balaban J connectivity index is 2.03. The van der Waals surface area contributed by atoms with Crippen molar-refractivity contribution in [2.75, 3.05) is 44.1 Å². The van der Waals surface area contributed by atoms with E-state index in [0.29, 0.717) is 31.0 Å². The van der Waals surface area contributed by atoms with Crippen LogP contribution in [0.5, 0.6) is 0 Å². The van der Waals surface area contributed by atoms with Crippen molar-refractivity contribution in [1.29, 1.82) is 0 Å². The molecule has 1 aromatic carbocycles. The van der Waals surface area contributed by atoms with Crippen LogP contribution in [-0.2, 0) is 9.53 Å². The smallest absolute Gasteiger partial charge is 0.253 e. The Kier molecular flexibility index (Phi) is 7.25. The van der Waals surface area contributed by atoms with E-state index < -0.39 is 0 Å². The maximum Gasteiger partial charge on any atom is 0.253 e. The lowest BCUT2D eigenvalue weighted by molar-refractivity contribution is -0.122. The first-order chi connectivity index (χ1) is 12.0. The molecule has 1 saturated carbocycles. The molecule has 0 aliphatic heterocycles. The molecule has 6 heteroatoms. The SMILES string of the molecule is CCOCCCNC(=O)c1cc(NC(=O)C2CCC2)ccc1N(C)C. The molecule has 0 atom stereocenters. The highest BCUT2D eigenvalue weighted by molar-refractivity contribution is 6.02. The molecule has 2 rings (SSSR count). The molecule has 1 aliphatic rings. The van der Waals surface area contributed by atoms with Gasteiger partial charge in [-0.3, -0.25) is 9.59 Å². The minimum absolute atomic E-state index is 0.0481. The van der Waals surface area contributed by atoms with Crippen LogP contribution in [0.3, 0.4) is 0 Å². The summed E-state index contributed by atoms with van der Waals surface area (Å²) in [5, 5.41) is 5.85. The molecule has 0 radical (unpaired) electrons. The second-order valence-electron chi connectivity index (χ2n) is 6.55. The summed E-state index contributed by atoms with van der Waals surface area (Å²) < 4.78 is 5.28. The molecule has 1 aromatic rings. The van der Waals surface area contributed by atoms with Gasteiger partial charge in [0.1, 0.15) is 0 Å². The molecular formula is C19H29N3O3. The number of anilines is 2. The van der Waals surface area contributed by atoms with Gasteiger partial charge in [-0.2, -0.15) is 0 Å². The lowest BCUT2D eigenvalue weighted by atomic mass is 9.85. The number of carbonyl (C=O) groups excluding carboxylic acids is 2. The summed E-state index contributed by atoms with van der Waals surface area (Å²) in [5.41, 5.74) is 2.05. The number of carbonyl (C=O) groups is 2. The van der Waals surface area contributed by atoms with Gasteiger partial charge >= 0.3 is 0 Å². The molecule has 0 bridgehead atoms. The highest BCUT2D eigenvalue weighted by Gasteiger charge is 2.25. The van der Waals surface area contributed by atoms with Crippen LogP contribution in [0, 0.1) is 5.92 Å². The maximum absolute atomic E-state index is 12.6. The summed E-state index contributed by atoms with van der Waals surface area (Å²) in [5.74, 6) is 0.0243. The fourth-order valence-corrected chi connectivity index (χ4v) is 2.72. The molecule has 1 aliphatic carbocycles. The number of amides is 2. The molecular weight excluding hydrogens is 318 g/mol. The third kappa shape index (κ3) is 5.46. The number of benzene rings is 1. The first-order valence-corrected chi connectivity index (χ1v) is 9.01. The predicted octanol–water partition coefficient (Wildman–Crippen LogP) is 2.65. The Labute approximate surface area is 149 Å². The van der Waals surface area contributed by atoms with Gasteiger partial charge in [0.15, 0.2) is 0 Å². The summed E-state index contributed by atoms with van der Waals surface area (Å²) in [4.78, 5) is 26.6. The van der Waals surface area contributed by atoms with Gasteiger partial charge in [0.25, 0.3) is 5.91 Å². The minimum atomic E-state index is -0.139. The fourth-order valence-electron chi connectivity index (χ4n) is 2.72. The standard InChI is InChI=1S/C19H29N3O3/c1-4-25-12-6-11-20-19(24)16-13-15(9-10-17(16)22(2)3)21-18(23)14-7-5-8-14/h9-10,13-14H,4-8,11-12H2,1-3H3,(H,20,24)(H,21,23). The van der Waals surface area contributed by atoms with Gasteiger partial charge < -0.3 is 20.3 Å². The lowest BCUT2D eigenvalue weighted by Crippen LogP contribution is -2.29. The average molecular weight is 347 g/mol. The Morgan fingerprint density at radius 2 is 2.04 bits per heavy atom. The molecule has 138 valence electrons. The van der Waals surface area contributed by atoms with Crippen molar-refractivity contribution in [3.8, 4) is 0 Å². The van der Waals surface area contributed by atoms with E-state index >= 15 is 0 Å². The number of ether oxygens (including phenoxy) is 1. The van der Waals surface area contributed by atoms with E-state index in [2.05, 4.69) is 10.6 Å². The van der Waals surface area contributed by atoms with Gasteiger partial charge in [-0.25, -0.2) is 0 Å². The van der Waals surface area contributed by atoms with Crippen molar-refractivity contribution < 1.29 is 14.3 Å². The molecule has 2 amide bonds. The van der Waals surface area contributed by atoms with Crippen LogP contribution < -0.4 is 15.5 Å². The Bertz CT molecular complexity index is 598. The van der Waals surface area contributed by atoms with Crippen molar-refractivity contribution in [2.45, 2.75) is 32.6 Å². The molecule has 6 nitrogen and oxygen atoms in total. The minimum Gasteiger partial charge on any atom is -0.382 e. The van der Waals surface area contributed by atoms with Crippen LogP contribution in [0.25, 0.3) is 0 Å². The Hall–Kier alpha value is -2.08. The number of rotatable bonds is 9. The number of nitrogens with one attached hydrogen (secondary N) is 2. The van der Waals surface area contributed by atoms with Gasteiger partial charge in [-0.15, -0.1) is 0 Å². The third-order valence-electron chi connectivity index (χ3n) is 4.42. The van der Waals surface area contributed by atoms with Crippen molar-refractivity contribution in [1.82, 2.24) is 5.32 Å². The van der Waals surface area contributed by atoms with E-state index in [0.717, 1.165) is 31.4 Å². The van der Waals surface area contributed by atoms with Gasteiger partial charge in [0.2, 0.25) is 5.91 Å². The highest BCUT2D eigenvalue weighted by atomic mass is 16.5. The van der Waals surface area contributed by atoms with E-state index in [1.165, 1.54) is 0 Å². The van der Waals surface area contributed by atoms with E-state index in [9.17, 15) is 9.59 Å². The molecule has 1 fully saturated rings. The molecule has 0 aromatic heterocycles. The zero-order chi connectivity index (χ0) is 18.2. The van der Waals surface area contributed by atoms with Crippen molar-refractivity contribution >= 4 is 23.2 Å². The van der Waals surface area contributed by atoms with Gasteiger partial charge in [0, 0.05) is 51.1 Å². The van der Waals surface area contributed by atoms with E-state index in [1.807, 2.05) is 38.1 Å². The first-order valence-electron chi connectivity index (χ1n) is 9.01. The van der Waals surface area contributed by atoms with Crippen LogP contribution in [0.15, 0.2) is 18.2 Å². The molecule has 25 heavy (non-hydrogen) atoms. The fraction of sp³-hybridized carbons (Fsp3) is 0.579. The van der Waals surface area contributed by atoms with Gasteiger partial charge in [-0.05, 0) is 44.4 Å². The van der Waals surface area contributed by atoms with E-state index in [4.69, 9.17) is 4.74 Å². The maximum atomic E-state index is 12.6. The Morgan fingerprint density at radius 1 is 1.28 bits per heavy atom. The molecule has 0 saturated heterocycles. The van der Waals surface area contributed by atoms with Gasteiger partial charge in [-0.1, -0.05) is 6.42 Å². The summed E-state index contributed by atoms with van der Waals surface area (Å²) in [7, 11) is 3.79.